The summed E-state index contributed by atoms with van der Waals surface area (Å²) in [5.41, 5.74) is 6.18. The fourth-order valence-corrected chi connectivity index (χ4v) is 4.10. The molecule has 0 radical (unpaired) electrons. The first-order valence-corrected chi connectivity index (χ1v) is 9.99. The van der Waals surface area contributed by atoms with Gasteiger partial charge >= 0.3 is 0 Å². The van der Waals surface area contributed by atoms with Gasteiger partial charge in [-0.2, -0.15) is 5.10 Å². The number of para-hydroxylation sites is 1. The fourth-order valence-electron chi connectivity index (χ4n) is 4.10. The second-order valence-electron chi connectivity index (χ2n) is 7.40. The standard InChI is InChI=1S/C25H21N5/c1-3-15-29(25-22-12-8-7-11-21(22)18(2)27-28-25)20-13-14-24-23(16-20)26-17-30(24)19-9-5-4-6-10-19/h1,4-11,13-14,16-17,22H,12,15H2,2H3. The van der Waals surface area contributed by atoms with Gasteiger partial charge in [0.25, 0.3) is 0 Å². The van der Waals surface area contributed by atoms with E-state index in [2.05, 4.69) is 79.1 Å². The number of terminal acetylenes is 1. The van der Waals surface area contributed by atoms with Crippen molar-refractivity contribution >= 4 is 28.3 Å². The molecule has 1 aromatic heterocycles. The van der Waals surface area contributed by atoms with E-state index < -0.39 is 0 Å². The highest BCUT2D eigenvalue weighted by Crippen LogP contribution is 2.32. The van der Waals surface area contributed by atoms with Crippen LogP contribution in [0.2, 0.25) is 0 Å². The van der Waals surface area contributed by atoms with Crippen molar-refractivity contribution in [1.29, 1.82) is 0 Å². The molecule has 1 aliphatic carbocycles. The SMILES string of the molecule is C#CCN(C1=NN=C(C)C2=CC=CCC21)c1ccc2c(c1)ncn2-c1ccccc1. The molecular formula is C25H21N5. The summed E-state index contributed by atoms with van der Waals surface area (Å²) in [7, 11) is 0. The third-order valence-electron chi connectivity index (χ3n) is 5.59. The predicted molar refractivity (Wildman–Crippen MR) is 123 cm³/mol. The van der Waals surface area contributed by atoms with E-state index in [9.17, 15) is 0 Å². The summed E-state index contributed by atoms with van der Waals surface area (Å²) in [5.74, 6) is 3.83. The van der Waals surface area contributed by atoms with Crippen LogP contribution in [-0.4, -0.2) is 27.6 Å². The van der Waals surface area contributed by atoms with Crippen molar-refractivity contribution < 1.29 is 0 Å². The number of benzene rings is 2. The van der Waals surface area contributed by atoms with Crippen molar-refractivity contribution in [3.8, 4) is 18.0 Å². The number of aromatic nitrogens is 2. The van der Waals surface area contributed by atoms with Crippen LogP contribution in [0.25, 0.3) is 16.7 Å². The Kier molecular flexibility index (Phi) is 4.53. The fraction of sp³-hybridized carbons (Fsp3) is 0.160. The monoisotopic (exact) mass is 391 g/mol. The Labute approximate surface area is 175 Å². The molecular weight excluding hydrogens is 370 g/mol. The summed E-state index contributed by atoms with van der Waals surface area (Å²) in [6.07, 6.45) is 14.9. The molecule has 146 valence electrons. The molecule has 2 heterocycles. The van der Waals surface area contributed by atoms with Crippen molar-refractivity contribution in [3.05, 3.63) is 78.7 Å². The maximum atomic E-state index is 5.73. The van der Waals surface area contributed by atoms with Crippen molar-refractivity contribution in [2.75, 3.05) is 11.4 Å². The molecule has 5 rings (SSSR count). The lowest BCUT2D eigenvalue weighted by Crippen LogP contribution is -2.40. The molecule has 5 heteroatoms. The Morgan fingerprint density at radius 2 is 2.03 bits per heavy atom. The average molecular weight is 391 g/mol. The Bertz CT molecular complexity index is 1270. The number of hydrogen-bond acceptors (Lipinski definition) is 4. The van der Waals surface area contributed by atoms with E-state index >= 15 is 0 Å². The zero-order valence-electron chi connectivity index (χ0n) is 16.7. The van der Waals surface area contributed by atoms with E-state index in [0.29, 0.717) is 6.54 Å². The molecule has 1 unspecified atom stereocenters. The Morgan fingerprint density at radius 1 is 1.17 bits per heavy atom. The summed E-state index contributed by atoms with van der Waals surface area (Å²) in [5, 5.41) is 8.96. The summed E-state index contributed by atoms with van der Waals surface area (Å²) in [6.45, 7) is 2.43. The zero-order chi connectivity index (χ0) is 20.5. The van der Waals surface area contributed by atoms with Crippen LogP contribution in [0.4, 0.5) is 5.69 Å². The summed E-state index contributed by atoms with van der Waals surface area (Å²) in [6, 6.07) is 16.4. The smallest absolute Gasteiger partial charge is 0.140 e. The van der Waals surface area contributed by atoms with Gasteiger partial charge < -0.3 is 4.90 Å². The minimum atomic E-state index is 0.165. The van der Waals surface area contributed by atoms with E-state index in [1.165, 1.54) is 5.57 Å². The lowest BCUT2D eigenvalue weighted by molar-refractivity contribution is 0.793. The number of fused-ring (bicyclic) bond motifs is 2. The van der Waals surface area contributed by atoms with E-state index in [1.807, 2.05) is 31.5 Å². The number of imidazole rings is 1. The second-order valence-corrected chi connectivity index (χ2v) is 7.40. The van der Waals surface area contributed by atoms with Crippen molar-refractivity contribution in [3.63, 3.8) is 0 Å². The lowest BCUT2D eigenvalue weighted by atomic mass is 9.86. The molecule has 0 bridgehead atoms. The molecule has 0 saturated heterocycles. The van der Waals surface area contributed by atoms with Gasteiger partial charge in [0, 0.05) is 17.3 Å². The molecule has 30 heavy (non-hydrogen) atoms. The number of anilines is 1. The minimum absolute atomic E-state index is 0.165. The van der Waals surface area contributed by atoms with Crippen LogP contribution in [0, 0.1) is 18.3 Å². The van der Waals surface area contributed by atoms with Crippen LogP contribution in [0.1, 0.15) is 13.3 Å². The summed E-state index contributed by atoms with van der Waals surface area (Å²) in [4.78, 5) is 6.71. The maximum absolute atomic E-state index is 5.73. The molecule has 0 amide bonds. The Morgan fingerprint density at radius 3 is 2.87 bits per heavy atom. The number of nitrogens with zero attached hydrogens (tertiary/aromatic N) is 5. The normalized spacial score (nSPS) is 17.6. The van der Waals surface area contributed by atoms with Crippen molar-refractivity contribution in [2.24, 2.45) is 16.1 Å². The van der Waals surface area contributed by atoms with Crippen LogP contribution >= 0.6 is 0 Å². The zero-order valence-corrected chi connectivity index (χ0v) is 16.7. The highest BCUT2D eigenvalue weighted by atomic mass is 15.3. The highest BCUT2D eigenvalue weighted by molar-refractivity contribution is 6.12. The largest absolute Gasteiger partial charge is 0.316 e. The maximum Gasteiger partial charge on any atom is 0.140 e. The van der Waals surface area contributed by atoms with Gasteiger partial charge in [-0.1, -0.05) is 42.3 Å². The van der Waals surface area contributed by atoms with E-state index in [1.54, 1.807) is 0 Å². The van der Waals surface area contributed by atoms with Gasteiger partial charge in [-0.25, -0.2) is 4.98 Å². The van der Waals surface area contributed by atoms with Crippen LogP contribution < -0.4 is 4.90 Å². The van der Waals surface area contributed by atoms with Gasteiger partial charge in [-0.05, 0) is 49.2 Å². The molecule has 2 aliphatic rings. The van der Waals surface area contributed by atoms with Gasteiger partial charge in [-0.3, -0.25) is 4.57 Å². The molecule has 0 fully saturated rings. The quantitative estimate of drug-likeness (QED) is 0.605. The van der Waals surface area contributed by atoms with E-state index in [-0.39, 0.29) is 5.92 Å². The van der Waals surface area contributed by atoms with Gasteiger partial charge in [-0.15, -0.1) is 11.5 Å². The minimum Gasteiger partial charge on any atom is -0.316 e. The molecule has 0 spiro atoms. The van der Waals surface area contributed by atoms with Gasteiger partial charge in [0.1, 0.15) is 12.2 Å². The lowest BCUT2D eigenvalue weighted by Gasteiger charge is -2.33. The number of rotatable bonds is 3. The van der Waals surface area contributed by atoms with Crippen LogP contribution in [0.5, 0.6) is 0 Å². The van der Waals surface area contributed by atoms with E-state index in [4.69, 9.17) is 6.42 Å². The molecule has 5 nitrogen and oxygen atoms in total. The summed E-state index contributed by atoms with van der Waals surface area (Å²) >= 11 is 0. The third-order valence-corrected chi connectivity index (χ3v) is 5.59. The predicted octanol–water partition coefficient (Wildman–Crippen LogP) is 4.76. The second kappa shape index (κ2) is 7.49. The molecule has 1 aliphatic heterocycles. The topological polar surface area (TPSA) is 45.8 Å². The molecule has 3 aromatic rings. The Balaban J connectivity index is 1.56. The molecule has 1 atom stereocenters. The number of amidine groups is 1. The first-order chi connectivity index (χ1) is 14.8. The van der Waals surface area contributed by atoms with Crippen molar-refractivity contribution in [1.82, 2.24) is 9.55 Å². The van der Waals surface area contributed by atoms with Crippen molar-refractivity contribution in [2.45, 2.75) is 13.3 Å². The van der Waals surface area contributed by atoms with Gasteiger partial charge in [0.05, 0.1) is 23.3 Å². The average Bonchev–Trinajstić information content (AvgIpc) is 3.22. The van der Waals surface area contributed by atoms with Gasteiger partial charge in [0.2, 0.25) is 0 Å². The van der Waals surface area contributed by atoms with Crippen LogP contribution in [-0.2, 0) is 0 Å². The first kappa shape index (κ1) is 18.1. The Hall–Kier alpha value is -3.91. The first-order valence-electron chi connectivity index (χ1n) is 9.99. The summed E-state index contributed by atoms with van der Waals surface area (Å²) < 4.78 is 2.09. The highest BCUT2D eigenvalue weighted by Gasteiger charge is 2.30. The molecule has 0 N–H and O–H groups in total. The van der Waals surface area contributed by atoms with E-state index in [0.717, 1.165) is 40.4 Å². The molecule has 0 saturated carbocycles. The van der Waals surface area contributed by atoms with Gasteiger partial charge in [0.15, 0.2) is 0 Å². The third kappa shape index (κ3) is 3.03. The van der Waals surface area contributed by atoms with Crippen LogP contribution in [0.3, 0.4) is 0 Å². The van der Waals surface area contributed by atoms with Crippen LogP contribution in [0.15, 0.2) is 88.9 Å². The number of allylic oxidation sites excluding steroid dienone is 3. The number of hydrogen-bond donors (Lipinski definition) is 0. The molecule has 2 aromatic carbocycles.